The predicted molar refractivity (Wildman–Crippen MR) is 89.3 cm³/mol. The van der Waals surface area contributed by atoms with Crippen LogP contribution < -0.4 is 20.7 Å². The van der Waals surface area contributed by atoms with Gasteiger partial charge in [0.2, 0.25) is 5.91 Å². The lowest BCUT2D eigenvalue weighted by atomic mass is 10.0. The van der Waals surface area contributed by atoms with Crippen LogP contribution in [0.25, 0.3) is 0 Å². The Labute approximate surface area is 132 Å². The fourth-order valence-corrected chi connectivity index (χ4v) is 2.81. The fourth-order valence-electron chi connectivity index (χ4n) is 2.81. The summed E-state index contributed by atoms with van der Waals surface area (Å²) in [5.74, 6) is 1.02. The Morgan fingerprint density at radius 3 is 2.73 bits per heavy atom. The van der Waals surface area contributed by atoms with Crippen molar-refractivity contribution in [2.45, 2.75) is 44.7 Å². The van der Waals surface area contributed by atoms with Gasteiger partial charge in [-0.1, -0.05) is 12.1 Å². The highest BCUT2D eigenvalue weighted by molar-refractivity contribution is 5.76. The van der Waals surface area contributed by atoms with Crippen molar-refractivity contribution in [2.75, 3.05) is 25.1 Å². The fraction of sp³-hybridized carbons (Fsp3) is 0.588. The summed E-state index contributed by atoms with van der Waals surface area (Å²) in [6, 6.07) is 8.43. The third-order valence-electron chi connectivity index (χ3n) is 4.11. The average Bonchev–Trinajstić information content (AvgIpc) is 2.53. The monoisotopic (exact) mass is 305 g/mol. The third kappa shape index (κ3) is 4.63. The number of hydrogen-bond acceptors (Lipinski definition) is 4. The quantitative estimate of drug-likeness (QED) is 0.842. The van der Waals surface area contributed by atoms with Crippen molar-refractivity contribution in [1.29, 1.82) is 0 Å². The normalized spacial score (nSPS) is 17.1. The zero-order valence-corrected chi connectivity index (χ0v) is 13.5. The van der Waals surface area contributed by atoms with Gasteiger partial charge in [-0.3, -0.25) is 4.79 Å². The topological polar surface area (TPSA) is 67.6 Å². The predicted octanol–water partition coefficient (Wildman–Crippen LogP) is 1.91. The highest BCUT2D eigenvalue weighted by atomic mass is 16.5. The molecule has 2 rings (SSSR count). The summed E-state index contributed by atoms with van der Waals surface area (Å²) in [5, 5.41) is 3.12. The van der Waals surface area contributed by atoms with Gasteiger partial charge in [-0.15, -0.1) is 0 Å². The van der Waals surface area contributed by atoms with Crippen molar-refractivity contribution in [2.24, 2.45) is 5.73 Å². The molecule has 0 spiro atoms. The number of carbonyl (C=O) groups is 1. The zero-order valence-electron chi connectivity index (χ0n) is 13.5. The Bertz CT molecular complexity index is 483. The molecule has 0 radical (unpaired) electrons. The van der Waals surface area contributed by atoms with Crippen LogP contribution in [0.15, 0.2) is 24.3 Å². The molecule has 1 saturated heterocycles. The maximum atomic E-state index is 11.9. The van der Waals surface area contributed by atoms with E-state index in [0.29, 0.717) is 6.42 Å². The van der Waals surface area contributed by atoms with E-state index in [0.717, 1.165) is 43.8 Å². The second kappa shape index (κ2) is 8.03. The largest absolute Gasteiger partial charge is 0.495 e. The van der Waals surface area contributed by atoms with Gasteiger partial charge >= 0.3 is 0 Å². The van der Waals surface area contributed by atoms with E-state index in [1.54, 1.807) is 7.11 Å². The Morgan fingerprint density at radius 2 is 2.09 bits per heavy atom. The standard InChI is InChI=1S/C17H27N3O2/c1-13(18)7-8-17(21)19-14-9-11-20(12-10-14)15-5-3-4-6-16(15)22-2/h3-6,13-14H,7-12,18H2,1-2H3,(H,19,21). The van der Waals surface area contributed by atoms with E-state index in [4.69, 9.17) is 10.5 Å². The minimum absolute atomic E-state index is 0.0816. The van der Waals surface area contributed by atoms with E-state index in [1.807, 2.05) is 25.1 Å². The van der Waals surface area contributed by atoms with Crippen molar-refractivity contribution in [3.63, 3.8) is 0 Å². The van der Waals surface area contributed by atoms with Gasteiger partial charge in [0.1, 0.15) is 5.75 Å². The van der Waals surface area contributed by atoms with Gasteiger partial charge in [-0.2, -0.15) is 0 Å². The first-order valence-corrected chi connectivity index (χ1v) is 8.03. The van der Waals surface area contributed by atoms with Crippen LogP contribution in [-0.2, 0) is 4.79 Å². The molecule has 1 unspecified atom stereocenters. The molecule has 0 saturated carbocycles. The number of nitrogens with two attached hydrogens (primary N) is 1. The number of amides is 1. The van der Waals surface area contributed by atoms with Gasteiger partial charge in [0, 0.05) is 31.6 Å². The minimum Gasteiger partial charge on any atom is -0.495 e. The van der Waals surface area contributed by atoms with Crippen LogP contribution in [0.5, 0.6) is 5.75 Å². The number of nitrogens with one attached hydrogen (secondary N) is 1. The van der Waals surface area contributed by atoms with Crippen LogP contribution in [0.1, 0.15) is 32.6 Å². The molecule has 5 nitrogen and oxygen atoms in total. The van der Waals surface area contributed by atoms with Gasteiger partial charge in [0.05, 0.1) is 12.8 Å². The smallest absolute Gasteiger partial charge is 0.220 e. The highest BCUT2D eigenvalue weighted by Gasteiger charge is 2.22. The molecule has 1 aromatic carbocycles. The first kappa shape index (κ1) is 16.6. The van der Waals surface area contributed by atoms with Crippen molar-refractivity contribution < 1.29 is 9.53 Å². The number of para-hydroxylation sites is 2. The van der Waals surface area contributed by atoms with Crippen molar-refractivity contribution in [1.82, 2.24) is 5.32 Å². The number of benzene rings is 1. The van der Waals surface area contributed by atoms with Crippen molar-refractivity contribution >= 4 is 11.6 Å². The summed E-state index contributed by atoms with van der Waals surface area (Å²) in [6.07, 6.45) is 3.18. The SMILES string of the molecule is COc1ccccc1N1CCC(NC(=O)CCC(C)N)CC1. The van der Waals surface area contributed by atoms with E-state index in [-0.39, 0.29) is 18.0 Å². The van der Waals surface area contributed by atoms with Crippen molar-refractivity contribution in [3.05, 3.63) is 24.3 Å². The Morgan fingerprint density at radius 1 is 1.41 bits per heavy atom. The van der Waals surface area contributed by atoms with E-state index < -0.39 is 0 Å². The molecule has 1 aliphatic heterocycles. The lowest BCUT2D eigenvalue weighted by molar-refractivity contribution is -0.122. The molecule has 0 aliphatic carbocycles. The Kier molecular flexibility index (Phi) is 6.07. The molecule has 1 amide bonds. The number of methoxy groups -OCH3 is 1. The van der Waals surface area contributed by atoms with Crippen LogP contribution >= 0.6 is 0 Å². The summed E-state index contributed by atoms with van der Waals surface area (Å²) in [4.78, 5) is 14.2. The third-order valence-corrected chi connectivity index (χ3v) is 4.11. The number of rotatable bonds is 6. The van der Waals surface area contributed by atoms with Gasteiger partial charge in [-0.05, 0) is 38.3 Å². The summed E-state index contributed by atoms with van der Waals surface area (Å²) >= 11 is 0. The van der Waals surface area contributed by atoms with Gasteiger partial charge in [0.25, 0.3) is 0 Å². The summed E-state index contributed by atoms with van der Waals surface area (Å²) in [7, 11) is 1.70. The van der Waals surface area contributed by atoms with Crippen molar-refractivity contribution in [3.8, 4) is 5.75 Å². The highest BCUT2D eigenvalue weighted by Crippen LogP contribution is 2.29. The summed E-state index contributed by atoms with van der Waals surface area (Å²) in [6.45, 7) is 3.79. The molecular formula is C17H27N3O2. The van der Waals surface area contributed by atoms with E-state index in [1.165, 1.54) is 0 Å². The average molecular weight is 305 g/mol. The molecule has 1 fully saturated rings. The van der Waals surface area contributed by atoms with E-state index in [9.17, 15) is 4.79 Å². The maximum Gasteiger partial charge on any atom is 0.220 e. The van der Waals surface area contributed by atoms with Crippen LogP contribution in [-0.4, -0.2) is 38.2 Å². The van der Waals surface area contributed by atoms with Crippen LogP contribution in [0.4, 0.5) is 5.69 Å². The summed E-state index contributed by atoms with van der Waals surface area (Å²) < 4.78 is 5.42. The number of carbonyl (C=O) groups excluding carboxylic acids is 1. The molecule has 122 valence electrons. The molecule has 1 aromatic rings. The molecule has 1 heterocycles. The second-order valence-corrected chi connectivity index (χ2v) is 6.02. The number of nitrogens with zero attached hydrogens (tertiary/aromatic N) is 1. The first-order valence-electron chi connectivity index (χ1n) is 8.03. The molecule has 3 N–H and O–H groups in total. The molecule has 22 heavy (non-hydrogen) atoms. The van der Waals surface area contributed by atoms with Crippen LogP contribution in [0.3, 0.4) is 0 Å². The van der Waals surface area contributed by atoms with E-state index in [2.05, 4.69) is 16.3 Å². The maximum absolute atomic E-state index is 11.9. The number of hydrogen-bond donors (Lipinski definition) is 2. The molecular weight excluding hydrogens is 278 g/mol. The van der Waals surface area contributed by atoms with Crippen LogP contribution in [0, 0.1) is 0 Å². The summed E-state index contributed by atoms with van der Waals surface area (Å²) in [5.41, 5.74) is 6.82. The molecule has 1 aliphatic rings. The Hall–Kier alpha value is -1.75. The number of anilines is 1. The molecule has 1 atom stereocenters. The van der Waals surface area contributed by atoms with Gasteiger partial charge in [-0.25, -0.2) is 0 Å². The lowest BCUT2D eigenvalue weighted by Gasteiger charge is -2.34. The molecule has 5 heteroatoms. The lowest BCUT2D eigenvalue weighted by Crippen LogP contribution is -2.45. The van der Waals surface area contributed by atoms with Gasteiger partial charge in [0.15, 0.2) is 0 Å². The zero-order chi connectivity index (χ0) is 15.9. The number of piperidine rings is 1. The first-order chi connectivity index (χ1) is 10.6. The Balaban J connectivity index is 1.81. The second-order valence-electron chi connectivity index (χ2n) is 6.02. The van der Waals surface area contributed by atoms with Gasteiger partial charge < -0.3 is 20.7 Å². The van der Waals surface area contributed by atoms with Crippen LogP contribution in [0.2, 0.25) is 0 Å². The minimum atomic E-state index is 0.0816. The molecule has 0 bridgehead atoms. The number of ether oxygens (including phenoxy) is 1. The molecule has 0 aromatic heterocycles. The van der Waals surface area contributed by atoms with E-state index >= 15 is 0 Å².